The number of hydrogen-bond acceptors (Lipinski definition) is 5. The van der Waals surface area contributed by atoms with E-state index in [0.29, 0.717) is 31.8 Å². The number of carbonyl (C=O) groups is 1. The van der Waals surface area contributed by atoms with Crippen molar-refractivity contribution in [2.45, 2.75) is 38.6 Å². The van der Waals surface area contributed by atoms with Crippen molar-refractivity contribution < 1.29 is 19.0 Å². The monoisotopic (exact) mass is 295 g/mol. The minimum atomic E-state index is -0.976. The molecule has 0 heterocycles. The van der Waals surface area contributed by atoms with Crippen molar-refractivity contribution >= 4 is 5.97 Å². The van der Waals surface area contributed by atoms with E-state index >= 15 is 0 Å². The minimum Gasteiger partial charge on any atom is -0.490 e. The molecule has 1 rings (SSSR count). The van der Waals surface area contributed by atoms with Gasteiger partial charge in [0.05, 0.1) is 20.3 Å². The Morgan fingerprint density at radius 2 is 1.76 bits per heavy atom. The molecule has 21 heavy (non-hydrogen) atoms. The zero-order valence-corrected chi connectivity index (χ0v) is 13.1. The predicted octanol–water partition coefficient (Wildman–Crippen LogP) is 2.52. The Morgan fingerprint density at radius 3 is 2.29 bits per heavy atom. The van der Waals surface area contributed by atoms with E-state index in [9.17, 15) is 4.79 Å². The van der Waals surface area contributed by atoms with Crippen LogP contribution in [-0.4, -0.2) is 31.8 Å². The molecule has 5 heteroatoms. The third-order valence-electron chi connectivity index (χ3n) is 3.06. The lowest BCUT2D eigenvalue weighted by molar-refractivity contribution is -0.146. The van der Waals surface area contributed by atoms with Crippen LogP contribution in [0, 0.1) is 0 Å². The minimum absolute atomic E-state index is 0.408. The molecule has 2 N–H and O–H groups in total. The zero-order chi connectivity index (χ0) is 15.7. The van der Waals surface area contributed by atoms with Crippen molar-refractivity contribution in [3.8, 4) is 11.5 Å². The van der Waals surface area contributed by atoms with E-state index in [1.54, 1.807) is 6.92 Å². The van der Waals surface area contributed by atoms with Crippen LogP contribution in [0.3, 0.4) is 0 Å². The third kappa shape index (κ3) is 5.63. The summed E-state index contributed by atoms with van der Waals surface area (Å²) >= 11 is 0. The Kier molecular flexibility index (Phi) is 7.02. The fourth-order valence-electron chi connectivity index (χ4n) is 1.86. The summed E-state index contributed by atoms with van der Waals surface area (Å²) in [7, 11) is 1.34. The van der Waals surface area contributed by atoms with Crippen LogP contribution >= 0.6 is 0 Å². The third-order valence-corrected chi connectivity index (χ3v) is 3.06. The highest BCUT2D eigenvalue weighted by molar-refractivity contribution is 5.79. The van der Waals surface area contributed by atoms with Gasteiger partial charge in [-0.15, -0.1) is 0 Å². The highest BCUT2D eigenvalue weighted by Gasteiger charge is 2.28. The number of benzene rings is 1. The number of para-hydroxylation sites is 2. The Morgan fingerprint density at radius 1 is 1.19 bits per heavy atom. The van der Waals surface area contributed by atoms with E-state index in [4.69, 9.17) is 15.2 Å². The van der Waals surface area contributed by atoms with Crippen molar-refractivity contribution in [1.82, 2.24) is 0 Å². The van der Waals surface area contributed by atoms with Gasteiger partial charge in [-0.1, -0.05) is 19.1 Å². The lowest BCUT2D eigenvalue weighted by Crippen LogP contribution is -2.45. The summed E-state index contributed by atoms with van der Waals surface area (Å²) in [5, 5.41) is 0. The topological polar surface area (TPSA) is 70.8 Å². The Hall–Kier alpha value is -1.75. The van der Waals surface area contributed by atoms with Crippen LogP contribution in [0.15, 0.2) is 24.3 Å². The SMILES string of the molecule is CCCOc1ccccc1OCCCC(C)(N)C(=O)OC. The van der Waals surface area contributed by atoms with E-state index in [1.165, 1.54) is 7.11 Å². The quantitative estimate of drug-likeness (QED) is 0.560. The van der Waals surface area contributed by atoms with Crippen LogP contribution in [0.5, 0.6) is 11.5 Å². The van der Waals surface area contributed by atoms with Gasteiger partial charge >= 0.3 is 5.97 Å². The normalized spacial score (nSPS) is 13.3. The Balaban J connectivity index is 2.44. The van der Waals surface area contributed by atoms with Crippen molar-refractivity contribution in [2.75, 3.05) is 20.3 Å². The average Bonchev–Trinajstić information content (AvgIpc) is 2.49. The van der Waals surface area contributed by atoms with Crippen LogP contribution in [0.2, 0.25) is 0 Å². The van der Waals surface area contributed by atoms with Crippen molar-refractivity contribution in [1.29, 1.82) is 0 Å². The van der Waals surface area contributed by atoms with Gasteiger partial charge in [0.2, 0.25) is 0 Å². The molecule has 5 nitrogen and oxygen atoms in total. The number of ether oxygens (including phenoxy) is 3. The number of methoxy groups -OCH3 is 1. The van der Waals surface area contributed by atoms with Crippen molar-refractivity contribution in [3.63, 3.8) is 0 Å². The Bertz CT molecular complexity index is 446. The first-order valence-corrected chi connectivity index (χ1v) is 7.23. The van der Waals surface area contributed by atoms with Crippen LogP contribution in [-0.2, 0) is 9.53 Å². The van der Waals surface area contributed by atoms with E-state index < -0.39 is 11.5 Å². The molecule has 0 aliphatic heterocycles. The Labute approximate surface area is 126 Å². The molecule has 0 aliphatic carbocycles. The summed E-state index contributed by atoms with van der Waals surface area (Å²) in [5.41, 5.74) is 4.92. The first-order valence-electron chi connectivity index (χ1n) is 7.23. The second kappa shape index (κ2) is 8.52. The van der Waals surface area contributed by atoms with Gasteiger partial charge in [0.1, 0.15) is 5.54 Å². The molecule has 0 bridgehead atoms. The largest absolute Gasteiger partial charge is 0.490 e. The fraction of sp³-hybridized carbons (Fsp3) is 0.562. The molecule has 0 radical (unpaired) electrons. The molecule has 0 aromatic heterocycles. The van der Waals surface area contributed by atoms with Gasteiger partial charge in [0.25, 0.3) is 0 Å². The van der Waals surface area contributed by atoms with Crippen LogP contribution < -0.4 is 15.2 Å². The van der Waals surface area contributed by atoms with Gasteiger partial charge in [-0.3, -0.25) is 4.79 Å². The highest BCUT2D eigenvalue weighted by Crippen LogP contribution is 2.26. The average molecular weight is 295 g/mol. The van der Waals surface area contributed by atoms with Gasteiger partial charge in [0.15, 0.2) is 11.5 Å². The van der Waals surface area contributed by atoms with E-state index in [0.717, 1.165) is 12.2 Å². The summed E-state index contributed by atoms with van der Waals surface area (Å²) in [4.78, 5) is 11.5. The summed E-state index contributed by atoms with van der Waals surface area (Å²) in [6.45, 7) is 4.84. The molecule has 0 saturated heterocycles. The van der Waals surface area contributed by atoms with E-state index in [2.05, 4.69) is 11.7 Å². The second-order valence-electron chi connectivity index (χ2n) is 5.16. The molecule has 0 aliphatic rings. The standard InChI is InChI=1S/C16H25NO4/c1-4-11-20-13-8-5-6-9-14(13)21-12-7-10-16(2,17)15(18)19-3/h5-6,8-9H,4,7,10-12,17H2,1-3H3. The molecule has 1 unspecified atom stereocenters. The molecule has 1 atom stereocenters. The lowest BCUT2D eigenvalue weighted by Gasteiger charge is -2.21. The predicted molar refractivity (Wildman–Crippen MR) is 81.6 cm³/mol. The maximum absolute atomic E-state index is 11.5. The summed E-state index contributed by atoms with van der Waals surface area (Å²) in [5.74, 6) is 1.04. The maximum atomic E-state index is 11.5. The van der Waals surface area contributed by atoms with Crippen LogP contribution in [0.1, 0.15) is 33.1 Å². The molecular formula is C16H25NO4. The molecule has 1 aromatic carbocycles. The summed E-state index contributed by atoms with van der Waals surface area (Å²) < 4.78 is 16.0. The van der Waals surface area contributed by atoms with Gasteiger partial charge in [-0.2, -0.15) is 0 Å². The summed E-state index contributed by atoms with van der Waals surface area (Å²) in [6.07, 6.45) is 2.10. The first-order chi connectivity index (χ1) is 10.0. The molecule has 118 valence electrons. The maximum Gasteiger partial charge on any atom is 0.325 e. The fourth-order valence-corrected chi connectivity index (χ4v) is 1.86. The number of rotatable bonds is 9. The lowest BCUT2D eigenvalue weighted by atomic mass is 9.98. The number of carbonyl (C=O) groups excluding carboxylic acids is 1. The van der Waals surface area contributed by atoms with Crippen LogP contribution in [0.4, 0.5) is 0 Å². The molecule has 0 fully saturated rings. The number of nitrogens with two attached hydrogens (primary N) is 1. The summed E-state index contributed by atoms with van der Waals surface area (Å²) in [6, 6.07) is 7.56. The highest BCUT2D eigenvalue weighted by atomic mass is 16.5. The zero-order valence-electron chi connectivity index (χ0n) is 13.1. The molecule has 0 amide bonds. The van der Waals surface area contributed by atoms with Gasteiger partial charge in [0, 0.05) is 0 Å². The van der Waals surface area contributed by atoms with E-state index in [1.807, 2.05) is 24.3 Å². The number of esters is 1. The smallest absolute Gasteiger partial charge is 0.325 e. The number of hydrogen-bond donors (Lipinski definition) is 1. The van der Waals surface area contributed by atoms with Crippen molar-refractivity contribution in [3.05, 3.63) is 24.3 Å². The van der Waals surface area contributed by atoms with Crippen LogP contribution in [0.25, 0.3) is 0 Å². The first kappa shape index (κ1) is 17.3. The molecule has 0 saturated carbocycles. The van der Waals surface area contributed by atoms with E-state index in [-0.39, 0.29) is 0 Å². The van der Waals surface area contributed by atoms with Crippen molar-refractivity contribution in [2.24, 2.45) is 5.73 Å². The second-order valence-corrected chi connectivity index (χ2v) is 5.16. The molecule has 0 spiro atoms. The van der Waals surface area contributed by atoms with Gasteiger partial charge in [-0.25, -0.2) is 0 Å². The molecular weight excluding hydrogens is 270 g/mol. The van der Waals surface area contributed by atoms with Gasteiger partial charge in [-0.05, 0) is 38.3 Å². The van der Waals surface area contributed by atoms with Gasteiger partial charge < -0.3 is 19.9 Å². The molecule has 1 aromatic rings.